The fourth-order valence-electron chi connectivity index (χ4n) is 3.67. The lowest BCUT2D eigenvalue weighted by atomic mass is 9.88. The van der Waals surface area contributed by atoms with Crippen LogP contribution in [0.3, 0.4) is 0 Å². The standard InChI is InChI=1S/C22H28N2O3S/c1-8-14(3)24-20(25)19(28-21(24)26)10-15-9-16-13(2)12-22(4,5)23(6)17(16)11-18(15)27-7/h9-12,14H,8H2,1-7H3/b19-10-. The molecule has 2 amide bonds. The largest absolute Gasteiger partial charge is 0.496 e. The van der Waals surface area contributed by atoms with Gasteiger partial charge in [-0.05, 0) is 63.6 Å². The molecule has 150 valence electrons. The number of allylic oxidation sites excluding steroid dienone is 1. The summed E-state index contributed by atoms with van der Waals surface area (Å²) >= 11 is 0.996. The minimum Gasteiger partial charge on any atom is -0.496 e. The molecule has 1 atom stereocenters. The number of carbonyl (C=O) groups excluding carboxylic acids is 2. The second-order valence-corrected chi connectivity index (χ2v) is 8.95. The summed E-state index contributed by atoms with van der Waals surface area (Å²) in [6, 6.07) is 3.95. The van der Waals surface area contributed by atoms with Crippen LogP contribution in [0.25, 0.3) is 11.6 Å². The van der Waals surface area contributed by atoms with Gasteiger partial charge in [-0.3, -0.25) is 14.5 Å². The number of imide groups is 1. The highest BCUT2D eigenvalue weighted by Crippen LogP contribution is 2.43. The van der Waals surface area contributed by atoms with E-state index in [1.165, 1.54) is 10.5 Å². The molecule has 1 aromatic carbocycles. The van der Waals surface area contributed by atoms with Crippen LogP contribution in [-0.4, -0.2) is 41.8 Å². The van der Waals surface area contributed by atoms with Crippen molar-refractivity contribution >= 4 is 40.2 Å². The van der Waals surface area contributed by atoms with E-state index >= 15 is 0 Å². The van der Waals surface area contributed by atoms with Crippen LogP contribution in [0, 0.1) is 0 Å². The maximum Gasteiger partial charge on any atom is 0.293 e. The van der Waals surface area contributed by atoms with Gasteiger partial charge in [0.1, 0.15) is 5.75 Å². The molecule has 0 bridgehead atoms. The third-order valence-electron chi connectivity index (χ3n) is 5.71. The molecular formula is C22H28N2O3S. The molecule has 1 unspecified atom stereocenters. The van der Waals surface area contributed by atoms with E-state index < -0.39 is 0 Å². The first-order chi connectivity index (χ1) is 13.1. The number of likely N-dealkylation sites (N-methyl/N-ethyl adjacent to an activating group) is 1. The molecule has 2 aliphatic rings. The van der Waals surface area contributed by atoms with E-state index in [-0.39, 0.29) is 22.7 Å². The second-order valence-electron chi connectivity index (χ2n) is 7.96. The zero-order valence-corrected chi connectivity index (χ0v) is 18.4. The minimum atomic E-state index is -0.227. The summed E-state index contributed by atoms with van der Waals surface area (Å²) in [5.41, 5.74) is 4.09. The number of rotatable bonds is 4. The fourth-order valence-corrected chi connectivity index (χ4v) is 4.59. The second kappa shape index (κ2) is 7.32. The number of methoxy groups -OCH3 is 1. The van der Waals surface area contributed by atoms with E-state index in [4.69, 9.17) is 4.74 Å². The number of amides is 2. The Labute approximate surface area is 171 Å². The number of hydrogen-bond acceptors (Lipinski definition) is 5. The Hall–Kier alpha value is -2.21. The predicted octanol–water partition coefficient (Wildman–Crippen LogP) is 5.16. The van der Waals surface area contributed by atoms with Gasteiger partial charge in [-0.15, -0.1) is 0 Å². The summed E-state index contributed by atoms with van der Waals surface area (Å²) in [6.45, 7) is 10.3. The number of benzene rings is 1. The number of thioether (sulfide) groups is 1. The summed E-state index contributed by atoms with van der Waals surface area (Å²) in [6.07, 6.45) is 4.75. The highest BCUT2D eigenvalue weighted by Gasteiger charge is 2.38. The molecule has 0 aromatic heterocycles. The predicted molar refractivity (Wildman–Crippen MR) is 117 cm³/mol. The Morgan fingerprint density at radius 2 is 1.96 bits per heavy atom. The van der Waals surface area contributed by atoms with E-state index in [0.717, 1.165) is 35.0 Å². The van der Waals surface area contributed by atoms with E-state index in [0.29, 0.717) is 10.7 Å². The summed E-state index contributed by atoms with van der Waals surface area (Å²) in [4.78, 5) is 29.1. The normalized spacial score (nSPS) is 21.1. The summed E-state index contributed by atoms with van der Waals surface area (Å²) < 4.78 is 5.62. The van der Waals surface area contributed by atoms with Crippen molar-refractivity contribution in [1.82, 2.24) is 4.90 Å². The van der Waals surface area contributed by atoms with Crippen LogP contribution in [0.15, 0.2) is 23.1 Å². The van der Waals surface area contributed by atoms with E-state index in [2.05, 4.69) is 38.8 Å². The molecule has 1 aromatic rings. The van der Waals surface area contributed by atoms with Gasteiger partial charge in [0.25, 0.3) is 11.1 Å². The molecule has 0 radical (unpaired) electrons. The van der Waals surface area contributed by atoms with Crippen molar-refractivity contribution in [2.45, 2.75) is 52.6 Å². The highest BCUT2D eigenvalue weighted by molar-refractivity contribution is 8.18. The van der Waals surface area contributed by atoms with Crippen molar-refractivity contribution in [3.8, 4) is 5.75 Å². The summed E-state index contributed by atoms with van der Waals surface area (Å²) in [5, 5.41) is -0.208. The topological polar surface area (TPSA) is 49.9 Å². The van der Waals surface area contributed by atoms with Crippen LogP contribution in [-0.2, 0) is 4.79 Å². The lowest BCUT2D eigenvalue weighted by Crippen LogP contribution is -2.42. The van der Waals surface area contributed by atoms with Crippen LogP contribution in [0.4, 0.5) is 10.5 Å². The van der Waals surface area contributed by atoms with E-state index in [9.17, 15) is 9.59 Å². The van der Waals surface area contributed by atoms with E-state index in [1.54, 1.807) is 13.2 Å². The van der Waals surface area contributed by atoms with Crippen LogP contribution >= 0.6 is 11.8 Å². The maximum atomic E-state index is 12.8. The average molecular weight is 401 g/mol. The molecule has 28 heavy (non-hydrogen) atoms. The number of ether oxygens (including phenoxy) is 1. The average Bonchev–Trinajstić information content (AvgIpc) is 2.92. The van der Waals surface area contributed by atoms with Gasteiger partial charge in [0, 0.05) is 36.0 Å². The molecule has 0 saturated carbocycles. The maximum absolute atomic E-state index is 12.8. The Kier molecular flexibility index (Phi) is 5.36. The molecule has 6 heteroatoms. The molecule has 1 saturated heterocycles. The van der Waals surface area contributed by atoms with Gasteiger partial charge in [-0.2, -0.15) is 0 Å². The number of carbonyl (C=O) groups is 2. The number of hydrogen-bond donors (Lipinski definition) is 0. The van der Waals surface area contributed by atoms with Crippen LogP contribution < -0.4 is 9.64 Å². The third-order valence-corrected chi connectivity index (χ3v) is 6.59. The SMILES string of the molecule is CCC(C)N1C(=O)S/C(=C\c2cc3c(cc2OC)N(C)C(C)(C)C=C3C)C1=O. The highest BCUT2D eigenvalue weighted by atomic mass is 32.2. The zero-order chi connectivity index (χ0) is 20.8. The molecular weight excluding hydrogens is 372 g/mol. The van der Waals surface area contributed by atoms with Crippen molar-refractivity contribution in [3.63, 3.8) is 0 Å². The Morgan fingerprint density at radius 3 is 2.57 bits per heavy atom. The monoisotopic (exact) mass is 400 g/mol. The first-order valence-electron chi connectivity index (χ1n) is 9.53. The van der Waals surface area contributed by atoms with Crippen molar-refractivity contribution < 1.29 is 14.3 Å². The lowest BCUT2D eigenvalue weighted by molar-refractivity contribution is -0.124. The molecule has 3 rings (SSSR count). The molecule has 0 spiro atoms. The number of fused-ring (bicyclic) bond motifs is 1. The van der Waals surface area contributed by atoms with Gasteiger partial charge >= 0.3 is 0 Å². The first-order valence-corrected chi connectivity index (χ1v) is 10.3. The summed E-state index contributed by atoms with van der Waals surface area (Å²) in [5.74, 6) is 0.459. The minimum absolute atomic E-state index is 0.0947. The van der Waals surface area contributed by atoms with Crippen molar-refractivity contribution in [1.29, 1.82) is 0 Å². The smallest absolute Gasteiger partial charge is 0.293 e. The van der Waals surface area contributed by atoms with E-state index in [1.807, 2.05) is 26.0 Å². The molecule has 0 N–H and O–H groups in total. The van der Waals surface area contributed by atoms with Gasteiger partial charge in [0.15, 0.2) is 0 Å². The molecule has 5 nitrogen and oxygen atoms in total. The quantitative estimate of drug-likeness (QED) is 0.653. The van der Waals surface area contributed by atoms with Gasteiger partial charge in [-0.25, -0.2) is 0 Å². The van der Waals surface area contributed by atoms with Crippen LogP contribution in [0.1, 0.15) is 52.2 Å². The first kappa shape index (κ1) is 20.5. The molecule has 1 fully saturated rings. The van der Waals surface area contributed by atoms with Crippen LogP contribution in [0.2, 0.25) is 0 Å². The Morgan fingerprint density at radius 1 is 1.29 bits per heavy atom. The van der Waals surface area contributed by atoms with Gasteiger partial charge in [0.2, 0.25) is 0 Å². The summed E-state index contributed by atoms with van der Waals surface area (Å²) in [7, 11) is 3.69. The molecule has 2 aliphatic heterocycles. The van der Waals surface area contributed by atoms with Crippen molar-refractivity contribution in [2.75, 3.05) is 19.1 Å². The third kappa shape index (κ3) is 3.34. The van der Waals surface area contributed by atoms with Gasteiger partial charge < -0.3 is 9.64 Å². The fraction of sp³-hybridized carbons (Fsp3) is 0.455. The Balaban J connectivity index is 2.07. The van der Waals surface area contributed by atoms with Gasteiger partial charge in [-0.1, -0.05) is 13.0 Å². The van der Waals surface area contributed by atoms with Gasteiger partial charge in [0.05, 0.1) is 17.6 Å². The zero-order valence-electron chi connectivity index (χ0n) is 17.6. The van der Waals surface area contributed by atoms with Crippen molar-refractivity contribution in [3.05, 3.63) is 34.2 Å². The van der Waals surface area contributed by atoms with Crippen molar-refractivity contribution in [2.24, 2.45) is 0 Å². The molecule has 2 heterocycles. The Bertz CT molecular complexity index is 901. The number of anilines is 1. The lowest BCUT2D eigenvalue weighted by Gasteiger charge is -2.41. The van der Waals surface area contributed by atoms with Crippen LogP contribution in [0.5, 0.6) is 5.75 Å². The molecule has 0 aliphatic carbocycles. The number of nitrogens with zero attached hydrogens (tertiary/aromatic N) is 2.